The Morgan fingerprint density at radius 3 is 2.31 bits per heavy atom. The van der Waals surface area contributed by atoms with Gasteiger partial charge in [-0.05, 0) is 64.0 Å². The van der Waals surface area contributed by atoms with Gasteiger partial charge in [-0.3, -0.25) is 4.79 Å². The topological polar surface area (TPSA) is 92.0 Å². The number of fused-ring (bicyclic) bond motifs is 1. The zero-order valence-corrected chi connectivity index (χ0v) is 20.3. The van der Waals surface area contributed by atoms with Crippen molar-refractivity contribution in [3.8, 4) is 17.2 Å². The molecular weight excluding hydrogens is 448 g/mol. The second kappa shape index (κ2) is 11.8. The van der Waals surface area contributed by atoms with Gasteiger partial charge in [0.25, 0.3) is 0 Å². The molecule has 0 saturated carbocycles. The third-order valence-electron chi connectivity index (χ3n) is 5.02. The van der Waals surface area contributed by atoms with E-state index in [4.69, 9.17) is 18.6 Å². The van der Waals surface area contributed by atoms with Crippen molar-refractivity contribution < 1.29 is 28.2 Å². The fourth-order valence-electron chi connectivity index (χ4n) is 3.30. The molecule has 0 spiro atoms. The minimum Gasteiger partial charge on any atom is -0.480 e. The number of ether oxygens (including phenoxy) is 3. The van der Waals surface area contributed by atoms with Crippen LogP contribution in [0.1, 0.15) is 50.9 Å². The van der Waals surface area contributed by atoms with Gasteiger partial charge in [-0.25, -0.2) is 9.59 Å². The summed E-state index contributed by atoms with van der Waals surface area (Å²) in [5.41, 5.74) is 1.76. The number of carbonyl (C=O) groups is 2. The molecular formula is C28H28O7. The average molecular weight is 477 g/mol. The summed E-state index contributed by atoms with van der Waals surface area (Å²) in [7, 11) is 0. The molecule has 1 aromatic heterocycles. The molecule has 0 N–H and O–H groups in total. The van der Waals surface area contributed by atoms with Crippen LogP contribution in [0, 0.1) is 0 Å². The van der Waals surface area contributed by atoms with Gasteiger partial charge >= 0.3 is 17.6 Å². The molecule has 7 nitrogen and oxygen atoms in total. The first-order chi connectivity index (χ1) is 16.8. The Kier molecular flexibility index (Phi) is 8.62. The van der Waals surface area contributed by atoms with Crippen LogP contribution in [0.4, 0.5) is 0 Å². The molecule has 2 aromatic carbocycles. The normalized spacial score (nSPS) is 11.1. The van der Waals surface area contributed by atoms with Crippen molar-refractivity contribution in [3.05, 3.63) is 87.8 Å². The highest BCUT2D eigenvalue weighted by atomic mass is 16.6. The van der Waals surface area contributed by atoms with Crippen LogP contribution < -0.4 is 19.8 Å². The number of allylic oxidation sites excluding steroid dienone is 3. The van der Waals surface area contributed by atoms with Gasteiger partial charge in [0.2, 0.25) is 5.75 Å². The maximum Gasteiger partial charge on any atom is 0.383 e. The van der Waals surface area contributed by atoms with Crippen molar-refractivity contribution in [1.82, 2.24) is 0 Å². The van der Waals surface area contributed by atoms with E-state index in [0.717, 1.165) is 18.4 Å². The van der Waals surface area contributed by atoms with E-state index in [1.54, 1.807) is 42.5 Å². The Morgan fingerprint density at radius 1 is 0.886 bits per heavy atom. The molecule has 7 heteroatoms. The predicted molar refractivity (Wildman–Crippen MR) is 133 cm³/mol. The summed E-state index contributed by atoms with van der Waals surface area (Å²) in [5, 5.41) is 0.256. The highest BCUT2D eigenvalue weighted by Crippen LogP contribution is 2.37. The van der Waals surface area contributed by atoms with Crippen LogP contribution in [0.5, 0.6) is 17.2 Å². The van der Waals surface area contributed by atoms with Crippen molar-refractivity contribution in [1.29, 1.82) is 0 Å². The monoisotopic (exact) mass is 476 g/mol. The number of para-hydroxylation sites is 1. The fourth-order valence-corrected chi connectivity index (χ4v) is 3.30. The second-order valence-corrected chi connectivity index (χ2v) is 8.21. The maximum atomic E-state index is 12.9. The Morgan fingerprint density at radius 2 is 1.63 bits per heavy atom. The molecule has 1 heterocycles. The first kappa shape index (κ1) is 25.5. The number of esters is 2. The number of benzene rings is 2. The molecule has 0 aliphatic heterocycles. The lowest BCUT2D eigenvalue weighted by atomic mass is 10.1. The molecule has 3 aromatic rings. The highest BCUT2D eigenvalue weighted by molar-refractivity contribution is 5.97. The van der Waals surface area contributed by atoms with E-state index >= 15 is 0 Å². The van der Waals surface area contributed by atoms with Gasteiger partial charge in [0, 0.05) is 6.92 Å². The second-order valence-electron chi connectivity index (χ2n) is 8.21. The first-order valence-corrected chi connectivity index (χ1v) is 11.2. The fraction of sp³-hybridized carbons (Fsp3) is 0.250. The van der Waals surface area contributed by atoms with Crippen LogP contribution in [0.25, 0.3) is 11.0 Å². The lowest BCUT2D eigenvalue weighted by Crippen LogP contribution is -2.15. The highest BCUT2D eigenvalue weighted by Gasteiger charge is 2.23. The molecule has 0 bridgehead atoms. The van der Waals surface area contributed by atoms with Crippen molar-refractivity contribution in [3.63, 3.8) is 0 Å². The predicted octanol–water partition coefficient (Wildman–Crippen LogP) is 6.01. The number of hydrogen-bond acceptors (Lipinski definition) is 7. The SMILES string of the molecule is CC(=O)Oc1cccc2c(OC(=O)c3ccccc3)c(OC/C=C(\C)CCC=C(C)C)c(=O)oc12. The van der Waals surface area contributed by atoms with E-state index in [0.29, 0.717) is 5.56 Å². The third kappa shape index (κ3) is 6.93. The van der Waals surface area contributed by atoms with Crippen molar-refractivity contribution in [2.24, 2.45) is 0 Å². The minimum absolute atomic E-state index is 0.0237. The van der Waals surface area contributed by atoms with Crippen molar-refractivity contribution in [2.75, 3.05) is 6.61 Å². The van der Waals surface area contributed by atoms with Gasteiger partial charge < -0.3 is 18.6 Å². The molecule has 0 saturated heterocycles. The molecule has 0 atom stereocenters. The van der Waals surface area contributed by atoms with Crippen LogP contribution in [0.15, 0.2) is 81.0 Å². The zero-order chi connectivity index (χ0) is 25.4. The number of hydrogen-bond donors (Lipinski definition) is 0. The summed E-state index contributed by atoms with van der Waals surface area (Å²) >= 11 is 0. The number of rotatable bonds is 9. The third-order valence-corrected chi connectivity index (χ3v) is 5.02. The van der Waals surface area contributed by atoms with Gasteiger partial charge in [0.1, 0.15) is 6.61 Å². The standard InChI is InChI=1S/C28H28O7/c1-18(2)10-8-11-19(3)16-17-32-26-25(35-27(30)21-12-6-5-7-13-21)22-14-9-15-23(33-20(4)29)24(22)34-28(26)31/h5-7,9-10,12-16H,8,11,17H2,1-4H3/b19-16+. The first-order valence-electron chi connectivity index (χ1n) is 11.2. The molecule has 0 fully saturated rings. The Balaban J connectivity index is 1.99. The average Bonchev–Trinajstić information content (AvgIpc) is 2.81. The maximum absolute atomic E-state index is 12.9. The van der Waals surface area contributed by atoms with Gasteiger partial charge in [-0.15, -0.1) is 0 Å². The summed E-state index contributed by atoms with van der Waals surface area (Å²) in [4.78, 5) is 37.2. The summed E-state index contributed by atoms with van der Waals surface area (Å²) in [6.07, 6.45) is 5.77. The molecule has 35 heavy (non-hydrogen) atoms. The van der Waals surface area contributed by atoms with E-state index in [-0.39, 0.29) is 34.8 Å². The van der Waals surface area contributed by atoms with E-state index < -0.39 is 17.6 Å². The summed E-state index contributed by atoms with van der Waals surface area (Å²) < 4.78 is 22.0. The largest absolute Gasteiger partial charge is 0.480 e. The summed E-state index contributed by atoms with van der Waals surface area (Å²) in [6, 6.07) is 13.0. The van der Waals surface area contributed by atoms with Crippen LogP contribution in [0.2, 0.25) is 0 Å². The van der Waals surface area contributed by atoms with E-state index in [2.05, 4.69) is 6.08 Å². The van der Waals surface area contributed by atoms with Crippen molar-refractivity contribution in [2.45, 2.75) is 40.5 Å². The van der Waals surface area contributed by atoms with E-state index in [9.17, 15) is 14.4 Å². The zero-order valence-electron chi connectivity index (χ0n) is 20.3. The summed E-state index contributed by atoms with van der Waals surface area (Å²) in [6.45, 7) is 7.39. The minimum atomic E-state index is -0.858. The van der Waals surface area contributed by atoms with Crippen molar-refractivity contribution >= 4 is 22.9 Å². The molecule has 3 rings (SSSR count). The van der Waals surface area contributed by atoms with Crippen LogP contribution in [0.3, 0.4) is 0 Å². The van der Waals surface area contributed by atoms with E-state index in [1.807, 2.05) is 26.8 Å². The van der Waals surface area contributed by atoms with E-state index in [1.165, 1.54) is 18.6 Å². The Hall–Kier alpha value is -4.13. The lowest BCUT2D eigenvalue weighted by molar-refractivity contribution is -0.131. The van der Waals surface area contributed by atoms with Gasteiger partial charge in [-0.2, -0.15) is 0 Å². The smallest absolute Gasteiger partial charge is 0.383 e. The summed E-state index contributed by atoms with van der Waals surface area (Å²) in [5.74, 6) is -1.57. The Labute approximate surface area is 203 Å². The Bertz CT molecular complexity index is 1330. The van der Waals surface area contributed by atoms with Gasteiger partial charge in [0.15, 0.2) is 17.1 Å². The molecule has 0 radical (unpaired) electrons. The quantitative estimate of drug-likeness (QED) is 0.162. The number of carbonyl (C=O) groups excluding carboxylic acids is 2. The van der Waals surface area contributed by atoms with Gasteiger partial charge in [0.05, 0.1) is 10.9 Å². The van der Waals surface area contributed by atoms with Gasteiger partial charge in [-0.1, -0.05) is 41.5 Å². The van der Waals surface area contributed by atoms with Crippen LogP contribution >= 0.6 is 0 Å². The molecule has 0 unspecified atom stereocenters. The molecule has 0 amide bonds. The van der Waals surface area contributed by atoms with Crippen LogP contribution in [-0.2, 0) is 4.79 Å². The molecule has 182 valence electrons. The molecule has 0 aliphatic carbocycles. The molecule has 0 aliphatic rings. The van der Waals surface area contributed by atoms with Crippen LogP contribution in [-0.4, -0.2) is 18.5 Å². The lowest BCUT2D eigenvalue weighted by Gasteiger charge is -2.13.